The maximum atomic E-state index is 13.9. The second kappa shape index (κ2) is 6.56. The smallest absolute Gasteiger partial charge is 0.259 e. The van der Waals surface area contributed by atoms with E-state index in [-0.39, 0.29) is 6.04 Å². The predicted molar refractivity (Wildman–Crippen MR) is 82.7 cm³/mol. The van der Waals surface area contributed by atoms with Gasteiger partial charge in [0, 0.05) is 32.2 Å². The molecule has 0 N–H and O–H groups in total. The van der Waals surface area contributed by atoms with Crippen molar-refractivity contribution >= 4 is 5.91 Å². The Kier molecular flexibility index (Phi) is 4.99. The summed E-state index contributed by atoms with van der Waals surface area (Å²) in [7, 11) is 0. The lowest BCUT2D eigenvalue weighted by Crippen LogP contribution is -2.49. The van der Waals surface area contributed by atoms with Crippen LogP contribution in [0.15, 0.2) is 30.3 Å². The molecule has 1 aliphatic heterocycles. The van der Waals surface area contributed by atoms with Crippen molar-refractivity contribution in [3.05, 3.63) is 35.9 Å². The van der Waals surface area contributed by atoms with Crippen molar-refractivity contribution in [3.8, 4) is 0 Å². The number of carbonyl (C=O) groups excluding carboxylic acids is 1. The van der Waals surface area contributed by atoms with E-state index in [1.54, 1.807) is 4.90 Å². The minimum absolute atomic E-state index is 0.0405. The number of nitrogens with zero attached hydrogens (tertiary/aromatic N) is 2. The normalized spacial score (nSPS) is 21.1. The molecule has 1 aromatic rings. The first-order valence-electron chi connectivity index (χ1n) is 7.64. The number of hydrogen-bond acceptors (Lipinski definition) is 2. The zero-order valence-corrected chi connectivity index (χ0v) is 13.2. The molecular weight excluding hydrogens is 267 g/mol. The summed E-state index contributed by atoms with van der Waals surface area (Å²) in [4.78, 5) is 16.2. The summed E-state index contributed by atoms with van der Waals surface area (Å²) in [6.45, 7) is 7.94. The number of halogens is 1. The number of rotatable bonds is 3. The average molecular weight is 292 g/mol. The lowest BCUT2D eigenvalue weighted by Gasteiger charge is -2.32. The summed E-state index contributed by atoms with van der Waals surface area (Å²) in [5.41, 5.74) is -0.515. The van der Waals surface area contributed by atoms with Gasteiger partial charge in [-0.2, -0.15) is 0 Å². The molecule has 1 saturated heterocycles. The molecule has 1 aliphatic rings. The molecular formula is C17H25FN2O. The second-order valence-electron chi connectivity index (χ2n) is 6.39. The molecule has 4 heteroatoms. The van der Waals surface area contributed by atoms with Crippen molar-refractivity contribution < 1.29 is 9.18 Å². The highest BCUT2D eigenvalue weighted by molar-refractivity contribution is 5.84. The highest BCUT2D eigenvalue weighted by Crippen LogP contribution is 2.19. The molecule has 3 nitrogen and oxygen atoms in total. The Hall–Kier alpha value is -1.42. The predicted octanol–water partition coefficient (Wildman–Crippen LogP) is 2.86. The van der Waals surface area contributed by atoms with Gasteiger partial charge in [0.05, 0.1) is 0 Å². The summed E-state index contributed by atoms with van der Waals surface area (Å²) in [6.07, 6.45) is 0.888. The van der Waals surface area contributed by atoms with E-state index in [4.69, 9.17) is 0 Å². The summed E-state index contributed by atoms with van der Waals surface area (Å²) in [6, 6.07) is 10.4. The summed E-state index contributed by atoms with van der Waals surface area (Å²) < 4.78 is 13.9. The fraction of sp³-hybridized carbons (Fsp3) is 0.588. The Morgan fingerprint density at radius 3 is 2.57 bits per heavy atom. The molecule has 21 heavy (non-hydrogen) atoms. The first-order valence-corrected chi connectivity index (χ1v) is 7.64. The molecule has 1 aromatic carbocycles. The van der Waals surface area contributed by atoms with E-state index in [9.17, 15) is 9.18 Å². The van der Waals surface area contributed by atoms with E-state index >= 15 is 0 Å². The highest BCUT2D eigenvalue weighted by atomic mass is 19.1. The maximum absolute atomic E-state index is 13.9. The van der Waals surface area contributed by atoms with Crippen molar-refractivity contribution in [1.29, 1.82) is 0 Å². The van der Waals surface area contributed by atoms with Crippen LogP contribution in [-0.2, 0) is 11.3 Å². The number of alkyl halides is 1. The van der Waals surface area contributed by atoms with Crippen LogP contribution in [0.4, 0.5) is 4.39 Å². The molecule has 0 bridgehead atoms. The average Bonchev–Trinajstić information content (AvgIpc) is 2.59. The zero-order chi connectivity index (χ0) is 15.5. The van der Waals surface area contributed by atoms with E-state index < -0.39 is 11.6 Å². The van der Waals surface area contributed by atoms with Crippen LogP contribution in [0.2, 0.25) is 0 Å². The van der Waals surface area contributed by atoms with Gasteiger partial charge in [0.15, 0.2) is 5.67 Å². The van der Waals surface area contributed by atoms with Crippen LogP contribution >= 0.6 is 0 Å². The van der Waals surface area contributed by atoms with Gasteiger partial charge < -0.3 is 4.90 Å². The van der Waals surface area contributed by atoms with Crippen LogP contribution in [0.5, 0.6) is 0 Å². The van der Waals surface area contributed by atoms with Crippen LogP contribution in [-0.4, -0.2) is 47.1 Å². The van der Waals surface area contributed by atoms with E-state index in [0.717, 1.165) is 26.1 Å². The number of carbonyl (C=O) groups is 1. The van der Waals surface area contributed by atoms with E-state index in [1.165, 1.54) is 19.4 Å². The van der Waals surface area contributed by atoms with E-state index in [2.05, 4.69) is 17.0 Å². The summed E-state index contributed by atoms with van der Waals surface area (Å²) in [5, 5.41) is 0. The number of benzene rings is 1. The van der Waals surface area contributed by atoms with Gasteiger partial charge in [-0.15, -0.1) is 0 Å². The summed E-state index contributed by atoms with van der Waals surface area (Å²) >= 11 is 0. The molecule has 1 atom stereocenters. The van der Waals surface area contributed by atoms with E-state index in [0.29, 0.717) is 6.54 Å². The van der Waals surface area contributed by atoms with Crippen molar-refractivity contribution in [3.63, 3.8) is 0 Å². The van der Waals surface area contributed by atoms with Crippen LogP contribution in [0, 0.1) is 0 Å². The fourth-order valence-corrected chi connectivity index (χ4v) is 2.88. The quantitative estimate of drug-likeness (QED) is 0.855. The Balaban J connectivity index is 2.01. The maximum Gasteiger partial charge on any atom is 0.259 e. The van der Waals surface area contributed by atoms with Crippen LogP contribution in [0.1, 0.15) is 32.8 Å². The van der Waals surface area contributed by atoms with E-state index in [1.807, 2.05) is 25.1 Å². The van der Waals surface area contributed by atoms with Crippen LogP contribution in [0.3, 0.4) is 0 Å². The molecule has 116 valence electrons. The van der Waals surface area contributed by atoms with Gasteiger partial charge in [0.2, 0.25) is 0 Å². The van der Waals surface area contributed by atoms with Crippen molar-refractivity contribution in [2.24, 2.45) is 0 Å². The van der Waals surface area contributed by atoms with Gasteiger partial charge in [-0.1, -0.05) is 30.3 Å². The standard InChI is InChI=1S/C17H25FN2O/c1-14-12-19(13-15-8-5-4-6-9-15)10-7-11-20(14)16(21)17(2,3)18/h4-6,8-9,14H,7,10-13H2,1-3H3/t14-/m0/s1. The number of amides is 1. The molecule has 0 aliphatic carbocycles. The largest absolute Gasteiger partial charge is 0.336 e. The fourth-order valence-electron chi connectivity index (χ4n) is 2.88. The Morgan fingerprint density at radius 1 is 1.29 bits per heavy atom. The van der Waals surface area contributed by atoms with Crippen molar-refractivity contribution in [2.45, 2.75) is 45.4 Å². The van der Waals surface area contributed by atoms with Gasteiger partial charge in [0.1, 0.15) is 0 Å². The molecule has 1 fully saturated rings. The first kappa shape index (κ1) is 16.0. The first-order chi connectivity index (χ1) is 9.88. The molecule has 1 heterocycles. The number of hydrogen-bond donors (Lipinski definition) is 0. The molecule has 0 aromatic heterocycles. The van der Waals surface area contributed by atoms with Gasteiger partial charge in [-0.25, -0.2) is 4.39 Å². The third-order valence-corrected chi connectivity index (χ3v) is 3.95. The van der Waals surface area contributed by atoms with Gasteiger partial charge in [-0.05, 0) is 32.8 Å². The SMILES string of the molecule is C[C@H]1CN(Cc2ccccc2)CCCN1C(=O)C(C)(C)F. The summed E-state index contributed by atoms with van der Waals surface area (Å²) in [5.74, 6) is -0.392. The lowest BCUT2D eigenvalue weighted by atomic mass is 10.1. The van der Waals surface area contributed by atoms with Gasteiger partial charge in [0.25, 0.3) is 5.91 Å². The monoisotopic (exact) mass is 292 g/mol. The molecule has 2 rings (SSSR count). The molecule has 0 unspecified atom stereocenters. The van der Waals surface area contributed by atoms with Crippen molar-refractivity contribution in [1.82, 2.24) is 9.80 Å². The Bertz CT molecular complexity index is 469. The molecule has 0 radical (unpaired) electrons. The third-order valence-electron chi connectivity index (χ3n) is 3.95. The third kappa shape index (κ3) is 4.27. The molecule has 0 saturated carbocycles. The zero-order valence-electron chi connectivity index (χ0n) is 13.2. The van der Waals surface area contributed by atoms with Crippen LogP contribution < -0.4 is 0 Å². The minimum Gasteiger partial charge on any atom is -0.336 e. The minimum atomic E-state index is -1.79. The Morgan fingerprint density at radius 2 is 1.95 bits per heavy atom. The molecule has 1 amide bonds. The lowest BCUT2D eigenvalue weighted by molar-refractivity contribution is -0.143. The topological polar surface area (TPSA) is 23.6 Å². The Labute approximate surface area is 126 Å². The van der Waals surface area contributed by atoms with Gasteiger partial charge in [-0.3, -0.25) is 9.69 Å². The highest BCUT2D eigenvalue weighted by Gasteiger charge is 2.35. The van der Waals surface area contributed by atoms with Crippen molar-refractivity contribution in [2.75, 3.05) is 19.6 Å². The second-order valence-corrected chi connectivity index (χ2v) is 6.39. The molecule has 0 spiro atoms. The van der Waals surface area contributed by atoms with Crippen LogP contribution in [0.25, 0.3) is 0 Å². The van der Waals surface area contributed by atoms with Gasteiger partial charge >= 0.3 is 0 Å².